The van der Waals surface area contributed by atoms with Crippen molar-refractivity contribution in [3.8, 4) is 0 Å². The predicted molar refractivity (Wildman–Crippen MR) is 78.8 cm³/mol. The molecule has 0 bridgehead atoms. The van der Waals surface area contributed by atoms with Gasteiger partial charge in [0.15, 0.2) is 9.84 Å². The SMILES string of the molecule is Cc1c(Br)cc(C(=O)O)cc1S(=O)(=O)Cc1cscn1. The van der Waals surface area contributed by atoms with E-state index in [2.05, 4.69) is 20.9 Å². The average Bonchev–Trinajstić information content (AvgIpc) is 2.83. The second-order valence-corrected chi connectivity index (χ2v) is 7.66. The highest BCUT2D eigenvalue weighted by Crippen LogP contribution is 2.28. The Labute approximate surface area is 128 Å². The van der Waals surface area contributed by atoms with Crippen LogP contribution >= 0.6 is 27.3 Å². The fourth-order valence-electron chi connectivity index (χ4n) is 1.68. The number of aromatic nitrogens is 1. The van der Waals surface area contributed by atoms with Gasteiger partial charge in [0, 0.05) is 9.85 Å². The molecule has 5 nitrogen and oxygen atoms in total. The van der Waals surface area contributed by atoms with Crippen molar-refractivity contribution in [1.29, 1.82) is 0 Å². The van der Waals surface area contributed by atoms with Crippen molar-refractivity contribution in [1.82, 2.24) is 4.98 Å². The highest BCUT2D eigenvalue weighted by molar-refractivity contribution is 9.10. The van der Waals surface area contributed by atoms with Crippen molar-refractivity contribution < 1.29 is 18.3 Å². The molecule has 1 aromatic carbocycles. The molecule has 1 N–H and O–H groups in total. The zero-order valence-corrected chi connectivity index (χ0v) is 13.5. The molecule has 0 atom stereocenters. The Kier molecular flexibility index (Phi) is 4.26. The third-order valence-electron chi connectivity index (χ3n) is 2.70. The average molecular weight is 376 g/mol. The molecule has 0 saturated heterocycles. The van der Waals surface area contributed by atoms with Gasteiger partial charge in [-0.3, -0.25) is 0 Å². The van der Waals surface area contributed by atoms with Crippen LogP contribution in [0, 0.1) is 6.92 Å². The number of nitrogens with zero attached hydrogens (tertiary/aromatic N) is 1. The summed E-state index contributed by atoms with van der Waals surface area (Å²) >= 11 is 4.51. The van der Waals surface area contributed by atoms with Crippen molar-refractivity contribution in [3.63, 3.8) is 0 Å². The van der Waals surface area contributed by atoms with Crippen LogP contribution in [0.5, 0.6) is 0 Å². The smallest absolute Gasteiger partial charge is 0.335 e. The summed E-state index contributed by atoms with van der Waals surface area (Å²) in [5.74, 6) is -1.41. The molecule has 8 heteroatoms. The van der Waals surface area contributed by atoms with E-state index in [4.69, 9.17) is 5.11 Å². The predicted octanol–water partition coefficient (Wildman–Crippen LogP) is 2.89. The highest BCUT2D eigenvalue weighted by atomic mass is 79.9. The Morgan fingerprint density at radius 2 is 2.15 bits per heavy atom. The molecule has 2 aromatic rings. The van der Waals surface area contributed by atoms with Crippen molar-refractivity contribution in [2.24, 2.45) is 0 Å². The first-order chi connectivity index (χ1) is 9.31. The third kappa shape index (κ3) is 3.08. The van der Waals surface area contributed by atoms with E-state index in [0.717, 1.165) is 0 Å². The number of hydrogen-bond acceptors (Lipinski definition) is 5. The summed E-state index contributed by atoms with van der Waals surface area (Å²) in [5.41, 5.74) is 2.43. The van der Waals surface area contributed by atoms with E-state index < -0.39 is 15.8 Å². The molecule has 0 unspecified atom stereocenters. The highest BCUT2D eigenvalue weighted by Gasteiger charge is 2.22. The molecule has 0 radical (unpaired) electrons. The monoisotopic (exact) mass is 375 g/mol. The van der Waals surface area contributed by atoms with Crippen molar-refractivity contribution in [2.45, 2.75) is 17.6 Å². The van der Waals surface area contributed by atoms with Gasteiger partial charge in [0.25, 0.3) is 0 Å². The molecule has 0 fully saturated rings. The van der Waals surface area contributed by atoms with Crippen LogP contribution in [0.4, 0.5) is 0 Å². The van der Waals surface area contributed by atoms with Crippen LogP contribution in [0.2, 0.25) is 0 Å². The van der Waals surface area contributed by atoms with Gasteiger partial charge in [-0.25, -0.2) is 18.2 Å². The summed E-state index contributed by atoms with van der Waals surface area (Å²) in [6, 6.07) is 2.57. The molecule has 0 saturated carbocycles. The van der Waals surface area contributed by atoms with Crippen LogP contribution < -0.4 is 0 Å². The number of carboxylic acid groups (broad SMARTS) is 1. The standard InChI is InChI=1S/C12H10BrNO4S2/c1-7-10(13)2-8(12(15)16)3-11(7)20(17,18)5-9-4-19-6-14-9/h2-4,6H,5H2,1H3,(H,15,16). The van der Waals surface area contributed by atoms with Crippen LogP contribution in [0.25, 0.3) is 0 Å². The first-order valence-corrected chi connectivity index (χ1v) is 8.83. The molecule has 2 rings (SSSR count). The van der Waals surface area contributed by atoms with Gasteiger partial charge in [-0.2, -0.15) is 0 Å². The van der Waals surface area contributed by atoms with Crippen LogP contribution in [-0.2, 0) is 15.6 Å². The molecule has 0 aliphatic heterocycles. The Morgan fingerprint density at radius 1 is 1.45 bits per heavy atom. The summed E-state index contributed by atoms with van der Waals surface area (Å²) in [7, 11) is -3.64. The molecular formula is C12H10BrNO4S2. The van der Waals surface area contributed by atoms with Crippen LogP contribution in [0.3, 0.4) is 0 Å². The minimum absolute atomic E-state index is 0.0114. The molecule has 1 heterocycles. The molecule has 0 aliphatic carbocycles. The lowest BCUT2D eigenvalue weighted by atomic mass is 10.1. The molecule has 1 aromatic heterocycles. The lowest BCUT2D eigenvalue weighted by Gasteiger charge is -2.10. The van der Waals surface area contributed by atoms with E-state index in [-0.39, 0.29) is 16.2 Å². The molecule has 0 spiro atoms. The third-order valence-corrected chi connectivity index (χ3v) is 5.93. The van der Waals surface area contributed by atoms with Gasteiger partial charge in [-0.15, -0.1) is 11.3 Å². The van der Waals surface area contributed by atoms with E-state index in [1.165, 1.54) is 23.5 Å². The van der Waals surface area contributed by atoms with E-state index in [1.807, 2.05) is 0 Å². The minimum atomic E-state index is -3.64. The summed E-state index contributed by atoms with van der Waals surface area (Å²) < 4.78 is 25.2. The number of halogens is 1. The van der Waals surface area contributed by atoms with E-state index >= 15 is 0 Å². The molecule has 106 valence electrons. The van der Waals surface area contributed by atoms with Crippen molar-refractivity contribution in [2.75, 3.05) is 0 Å². The first kappa shape index (κ1) is 15.1. The van der Waals surface area contributed by atoms with Gasteiger partial charge >= 0.3 is 5.97 Å². The number of carboxylic acids is 1. The second-order valence-electron chi connectivity index (χ2n) is 4.13. The molecule has 0 aliphatic rings. The Bertz CT molecular complexity index is 754. The maximum Gasteiger partial charge on any atom is 0.335 e. The van der Waals surface area contributed by atoms with Crippen LogP contribution in [0.15, 0.2) is 32.4 Å². The van der Waals surface area contributed by atoms with E-state index in [1.54, 1.807) is 17.8 Å². The topological polar surface area (TPSA) is 84.3 Å². The molecule has 20 heavy (non-hydrogen) atoms. The summed E-state index contributed by atoms with van der Waals surface area (Å²) in [5, 5.41) is 10.7. The number of sulfone groups is 1. The maximum absolute atomic E-state index is 12.4. The van der Waals surface area contributed by atoms with E-state index in [9.17, 15) is 13.2 Å². The number of hydrogen-bond donors (Lipinski definition) is 1. The Balaban J connectivity index is 2.53. The Morgan fingerprint density at radius 3 is 2.70 bits per heavy atom. The van der Waals surface area contributed by atoms with Gasteiger partial charge in [0.05, 0.1) is 27.4 Å². The fourth-order valence-corrected chi connectivity index (χ4v) is 4.52. The van der Waals surface area contributed by atoms with Crippen molar-refractivity contribution >= 4 is 43.1 Å². The molecular weight excluding hydrogens is 366 g/mol. The zero-order valence-electron chi connectivity index (χ0n) is 10.3. The van der Waals surface area contributed by atoms with Crippen molar-refractivity contribution in [3.05, 3.63) is 44.3 Å². The number of benzene rings is 1. The van der Waals surface area contributed by atoms with Crippen LogP contribution in [-0.4, -0.2) is 24.5 Å². The second kappa shape index (κ2) is 5.63. The Hall–Kier alpha value is -1.25. The number of carbonyl (C=O) groups is 1. The van der Waals surface area contributed by atoms with Gasteiger partial charge < -0.3 is 5.11 Å². The van der Waals surface area contributed by atoms with Crippen LogP contribution in [0.1, 0.15) is 21.6 Å². The van der Waals surface area contributed by atoms with Gasteiger partial charge in [-0.1, -0.05) is 15.9 Å². The van der Waals surface area contributed by atoms with Gasteiger partial charge in [-0.05, 0) is 24.6 Å². The fraction of sp³-hybridized carbons (Fsp3) is 0.167. The summed E-state index contributed by atoms with van der Waals surface area (Å²) in [6.07, 6.45) is 0. The zero-order chi connectivity index (χ0) is 14.9. The lowest BCUT2D eigenvalue weighted by Crippen LogP contribution is -2.09. The summed E-state index contributed by atoms with van der Waals surface area (Å²) in [6.45, 7) is 1.63. The minimum Gasteiger partial charge on any atom is -0.478 e. The first-order valence-electron chi connectivity index (χ1n) is 5.44. The lowest BCUT2D eigenvalue weighted by molar-refractivity contribution is 0.0696. The quantitative estimate of drug-likeness (QED) is 0.887. The maximum atomic E-state index is 12.4. The summed E-state index contributed by atoms with van der Waals surface area (Å²) in [4.78, 5) is 15.0. The van der Waals surface area contributed by atoms with Gasteiger partial charge in [0.2, 0.25) is 0 Å². The number of thiazole rings is 1. The number of aromatic carboxylic acids is 1. The number of rotatable bonds is 4. The van der Waals surface area contributed by atoms with Gasteiger partial charge in [0.1, 0.15) is 0 Å². The largest absolute Gasteiger partial charge is 0.478 e. The van der Waals surface area contributed by atoms with E-state index in [0.29, 0.717) is 15.7 Å². The molecule has 0 amide bonds. The normalized spacial score (nSPS) is 11.5.